The van der Waals surface area contributed by atoms with Crippen molar-refractivity contribution in [3.05, 3.63) is 23.8 Å². The largest absolute Gasteiger partial charge is 0.492 e. The number of hydrogen-bond donors (Lipinski definition) is 0. The molecule has 1 aliphatic rings. The lowest BCUT2D eigenvalue weighted by Crippen LogP contribution is -2.40. The molecule has 2 rings (SSSR count). The van der Waals surface area contributed by atoms with E-state index in [1.54, 1.807) is 19.1 Å². The highest BCUT2D eigenvalue weighted by atomic mass is 35.5. The lowest BCUT2D eigenvalue weighted by Gasteiger charge is -2.27. The third-order valence-corrected chi connectivity index (χ3v) is 6.12. The van der Waals surface area contributed by atoms with E-state index in [4.69, 9.17) is 21.1 Å². The number of rotatable bonds is 7. The minimum Gasteiger partial charge on any atom is -0.492 e. The molecule has 1 saturated heterocycles. The number of morpholine rings is 1. The van der Waals surface area contributed by atoms with Crippen molar-refractivity contribution in [2.24, 2.45) is 0 Å². The maximum absolute atomic E-state index is 13.0. The Balaban J connectivity index is 2.49. The fraction of sp³-hybridized carbons (Fsp3) is 0.562. The molecule has 0 amide bonds. The number of carbonyl (C=O) groups excluding carboxylic acids is 1. The summed E-state index contributed by atoms with van der Waals surface area (Å²) in [6, 6.07) is 4.79. The smallest absolute Gasteiger partial charge is 0.246 e. The molecule has 0 spiro atoms. The Labute approximate surface area is 147 Å². The molecule has 1 atom stereocenters. The van der Waals surface area contributed by atoms with Crippen LogP contribution in [0, 0.1) is 0 Å². The number of hydrogen-bond acceptors (Lipinski definition) is 5. The Morgan fingerprint density at radius 2 is 2.00 bits per heavy atom. The van der Waals surface area contributed by atoms with Gasteiger partial charge in [-0.05, 0) is 42.6 Å². The molecule has 1 aliphatic heterocycles. The van der Waals surface area contributed by atoms with E-state index in [0.29, 0.717) is 44.9 Å². The molecule has 0 bridgehead atoms. The predicted octanol–water partition coefficient (Wildman–Crippen LogP) is 2.37. The van der Waals surface area contributed by atoms with Crippen molar-refractivity contribution < 1.29 is 22.7 Å². The average molecular weight is 376 g/mol. The molecule has 0 N–H and O–H groups in total. The molecule has 0 aromatic heterocycles. The molecule has 1 heterocycles. The average Bonchev–Trinajstić information content (AvgIpc) is 2.57. The van der Waals surface area contributed by atoms with Crippen LogP contribution in [0.3, 0.4) is 0 Å². The third kappa shape index (κ3) is 4.08. The van der Waals surface area contributed by atoms with E-state index in [-0.39, 0.29) is 10.6 Å². The van der Waals surface area contributed by atoms with Crippen LogP contribution in [0.5, 0.6) is 5.75 Å². The number of sulfonamides is 1. The van der Waals surface area contributed by atoms with Gasteiger partial charge in [-0.15, -0.1) is 0 Å². The molecule has 1 unspecified atom stereocenters. The summed E-state index contributed by atoms with van der Waals surface area (Å²) in [5.74, 6) is -0.259. The number of benzene rings is 1. The van der Waals surface area contributed by atoms with Crippen LogP contribution in [0.2, 0.25) is 0 Å². The van der Waals surface area contributed by atoms with Gasteiger partial charge in [0.25, 0.3) is 0 Å². The van der Waals surface area contributed by atoms with Crippen molar-refractivity contribution in [1.29, 1.82) is 0 Å². The molecule has 134 valence electrons. The van der Waals surface area contributed by atoms with Gasteiger partial charge >= 0.3 is 0 Å². The first kappa shape index (κ1) is 19.2. The maximum atomic E-state index is 13.0. The van der Waals surface area contributed by atoms with Crippen molar-refractivity contribution in [1.82, 2.24) is 4.31 Å². The molecule has 8 heteroatoms. The van der Waals surface area contributed by atoms with Gasteiger partial charge in [-0.1, -0.05) is 13.0 Å². The zero-order valence-corrected chi connectivity index (χ0v) is 15.4. The molecule has 6 nitrogen and oxygen atoms in total. The van der Waals surface area contributed by atoms with Crippen molar-refractivity contribution in [3.63, 3.8) is 0 Å². The summed E-state index contributed by atoms with van der Waals surface area (Å²) in [5.41, 5.74) is 0.577. The van der Waals surface area contributed by atoms with E-state index in [0.717, 1.165) is 0 Å². The summed E-state index contributed by atoms with van der Waals surface area (Å²) < 4.78 is 38.1. The van der Waals surface area contributed by atoms with Crippen LogP contribution in [0.1, 0.15) is 31.7 Å². The zero-order valence-electron chi connectivity index (χ0n) is 13.8. The first-order valence-corrected chi connectivity index (χ1v) is 9.77. The van der Waals surface area contributed by atoms with Crippen molar-refractivity contribution in [2.45, 2.75) is 31.1 Å². The van der Waals surface area contributed by atoms with Crippen molar-refractivity contribution in [3.8, 4) is 5.75 Å². The predicted molar refractivity (Wildman–Crippen MR) is 91.1 cm³/mol. The van der Waals surface area contributed by atoms with Gasteiger partial charge in [0, 0.05) is 13.1 Å². The molecule has 0 aliphatic carbocycles. The Morgan fingerprint density at radius 1 is 1.33 bits per heavy atom. The van der Waals surface area contributed by atoms with E-state index >= 15 is 0 Å². The van der Waals surface area contributed by atoms with Gasteiger partial charge in [-0.2, -0.15) is 4.31 Å². The minimum absolute atomic E-state index is 0.0696. The zero-order chi connectivity index (χ0) is 17.7. The second kappa shape index (κ2) is 8.29. The maximum Gasteiger partial charge on any atom is 0.246 e. The summed E-state index contributed by atoms with van der Waals surface area (Å²) in [5, 5.41) is -0.503. The highest BCUT2D eigenvalue weighted by Crippen LogP contribution is 2.32. The quantitative estimate of drug-likeness (QED) is 0.684. The van der Waals surface area contributed by atoms with Gasteiger partial charge in [0.1, 0.15) is 10.6 Å². The summed E-state index contributed by atoms with van der Waals surface area (Å²) >= 11 is 5.65. The van der Waals surface area contributed by atoms with Crippen LogP contribution in [0.15, 0.2) is 23.1 Å². The molecule has 1 fully saturated rings. The first-order valence-electron chi connectivity index (χ1n) is 7.95. The molecular weight excluding hydrogens is 354 g/mol. The van der Waals surface area contributed by atoms with Gasteiger partial charge in [-0.25, -0.2) is 8.42 Å². The Morgan fingerprint density at radius 3 is 2.54 bits per heavy atom. The highest BCUT2D eigenvalue weighted by molar-refractivity contribution is 7.89. The van der Waals surface area contributed by atoms with Crippen LogP contribution < -0.4 is 4.74 Å². The SMILES string of the molecule is CCOc1ccc(C(CC)C(=O)Cl)cc1S(=O)(=O)N1CCOCC1. The summed E-state index contributed by atoms with van der Waals surface area (Å²) in [6.07, 6.45) is 0.493. The molecule has 1 aromatic rings. The molecule has 0 radical (unpaired) electrons. The second-order valence-electron chi connectivity index (χ2n) is 5.42. The van der Waals surface area contributed by atoms with Crippen LogP contribution in [-0.4, -0.2) is 50.9 Å². The van der Waals surface area contributed by atoms with Crippen molar-refractivity contribution >= 4 is 26.9 Å². The van der Waals surface area contributed by atoms with Gasteiger partial charge in [0.2, 0.25) is 15.3 Å². The third-order valence-electron chi connectivity index (χ3n) is 3.94. The van der Waals surface area contributed by atoms with Crippen molar-refractivity contribution in [2.75, 3.05) is 32.9 Å². The number of carbonyl (C=O) groups is 1. The molecule has 24 heavy (non-hydrogen) atoms. The monoisotopic (exact) mass is 375 g/mol. The summed E-state index contributed by atoms with van der Waals surface area (Å²) in [7, 11) is -3.73. The van der Waals surface area contributed by atoms with E-state index in [9.17, 15) is 13.2 Å². The van der Waals surface area contributed by atoms with E-state index in [2.05, 4.69) is 0 Å². The number of halogens is 1. The van der Waals surface area contributed by atoms with Gasteiger partial charge in [0.15, 0.2) is 0 Å². The van der Waals surface area contributed by atoms with Crippen LogP contribution in [0.4, 0.5) is 0 Å². The van der Waals surface area contributed by atoms with Crippen LogP contribution >= 0.6 is 11.6 Å². The second-order valence-corrected chi connectivity index (χ2v) is 7.70. The Kier molecular flexibility index (Phi) is 6.62. The van der Waals surface area contributed by atoms with Gasteiger partial charge in [-0.3, -0.25) is 4.79 Å². The first-order chi connectivity index (χ1) is 11.4. The highest BCUT2D eigenvalue weighted by Gasteiger charge is 2.30. The summed E-state index contributed by atoms with van der Waals surface area (Å²) in [4.78, 5) is 11.7. The fourth-order valence-electron chi connectivity index (χ4n) is 2.67. The normalized spacial score (nSPS) is 17.5. The fourth-order valence-corrected chi connectivity index (χ4v) is 4.53. The minimum atomic E-state index is -3.73. The molecule has 1 aromatic carbocycles. The van der Waals surface area contributed by atoms with Gasteiger partial charge in [0.05, 0.1) is 25.7 Å². The van der Waals surface area contributed by atoms with E-state index in [1.807, 2.05) is 6.92 Å². The Bertz CT molecular complexity index is 686. The lowest BCUT2D eigenvalue weighted by molar-refractivity contribution is -0.113. The van der Waals surface area contributed by atoms with Gasteiger partial charge < -0.3 is 9.47 Å². The Hall–Kier alpha value is -1.15. The number of nitrogens with zero attached hydrogens (tertiary/aromatic N) is 1. The molecule has 0 saturated carbocycles. The summed E-state index contributed by atoms with van der Waals surface area (Å²) in [6.45, 7) is 5.28. The van der Waals surface area contributed by atoms with Crippen LogP contribution in [0.25, 0.3) is 0 Å². The van der Waals surface area contributed by atoms with E-state index in [1.165, 1.54) is 10.4 Å². The molecular formula is C16H22ClNO5S. The van der Waals surface area contributed by atoms with Crippen LogP contribution in [-0.2, 0) is 19.6 Å². The standard InChI is InChI=1S/C16H22ClNO5S/c1-3-13(16(17)19)12-5-6-14(23-4-2)15(11-12)24(20,21)18-7-9-22-10-8-18/h5-6,11,13H,3-4,7-10H2,1-2H3. The topological polar surface area (TPSA) is 72.9 Å². The lowest BCUT2D eigenvalue weighted by atomic mass is 9.98. The number of ether oxygens (including phenoxy) is 2. The van der Waals surface area contributed by atoms with E-state index < -0.39 is 21.2 Å².